The molecule has 13 nitrogen and oxygen atoms in total. The largest absolute Gasteiger partial charge is 0.397 e. The van der Waals surface area contributed by atoms with E-state index in [1.54, 1.807) is 12.1 Å². The van der Waals surface area contributed by atoms with Gasteiger partial charge in [0, 0.05) is 130 Å². The molecule has 0 aliphatic rings. The van der Waals surface area contributed by atoms with Gasteiger partial charge in [0.2, 0.25) is 0 Å². The molecule has 0 bridgehead atoms. The molecule has 29 rings (SSSR count). The number of aldehydes is 1. The van der Waals surface area contributed by atoms with Crippen LogP contribution in [-0.2, 0) is 0 Å². The van der Waals surface area contributed by atoms with E-state index in [9.17, 15) is 4.79 Å². The third-order valence-electron chi connectivity index (χ3n) is 26.8. The number of aromatic nitrogens is 10. The number of H-pyrrole nitrogens is 1. The molecule has 0 amide bonds. The SMILES string of the molecule is Brc1ccccc1Br.Nc1ccccc1N.O=Cc1ccc2c3c4c5ccccc5n(-c5ccccc5)c4ccc3n(-c3ccccc3)c2c1.c1ccc(-n2c3ccccc3c3c4c5cc6c7ccccc7n7c8ccccc8nc7c6cc5n(-c5ccccc5)c4ccc32)cc1.c1ccc(-n2c3ccccc3c3c4c5ccc(-c6nc7ccccc7[nH]6)cc5n(-c5ccccc5)c4ccc32)cc1. The van der Waals surface area contributed by atoms with Gasteiger partial charge < -0.3 is 43.9 Å². The molecule has 138 heavy (non-hydrogen) atoms. The summed E-state index contributed by atoms with van der Waals surface area (Å²) in [5.74, 6) is 0.879. The number of anilines is 2. The number of fused-ring (bicyclic) bond motifs is 30. The summed E-state index contributed by atoms with van der Waals surface area (Å²) in [5.41, 5.74) is 41.0. The molecule has 0 saturated heterocycles. The third kappa shape index (κ3) is 13.7. The second-order valence-corrected chi connectivity index (χ2v) is 36.3. The molecule has 9 aromatic heterocycles. The standard InChI is InChI=1S/C43H26N4.C37H24N4.C31H20N2O.C6H4Br2.C6H8N2/c1-3-13-27(14-4-1)45-36-21-11-8-18-30(36)41-38(45)23-24-39-42(41)33-25-31-29-17-7-10-20-35(29)47-37-22-12-9-19-34(37)44-43(47)32(31)26-40(33)46(39)28-15-5-2-6-16-28;1-3-11-25(12-4-1)40-31-18-10-7-15-27(31)35-32(40)21-22-33-36(35)28-20-19-24(37-38-29-16-8-9-17-30(29)39-37)23-34(28)41(33)26-13-5-2-6-14-26;34-20-21-15-16-25-29(19-21)33(23-11-5-2-6-12-23)28-18-17-27-30(31(25)28)24-13-7-8-14-26(24)32(27)22-9-3-1-4-10-22;2*7-5-3-1-2-4-6(5)8/h1-26H;1-23H,(H,38,39);1-20H;1-4H;1-4H,7-8H2. The van der Waals surface area contributed by atoms with Crippen LogP contribution in [0.5, 0.6) is 0 Å². The highest BCUT2D eigenvalue weighted by Gasteiger charge is 2.27. The number of nitrogens with two attached hydrogens (primary N) is 2. The Labute approximate surface area is 807 Å². The first-order valence-corrected chi connectivity index (χ1v) is 47.6. The minimum Gasteiger partial charge on any atom is -0.397 e. The number of benzene rings is 20. The number of carbonyl (C=O) groups is 1. The van der Waals surface area contributed by atoms with Crippen molar-refractivity contribution in [2.75, 3.05) is 11.5 Å². The lowest BCUT2D eigenvalue weighted by molar-refractivity contribution is 0.112. The molecular formula is C123H82Br2N12O. The highest BCUT2D eigenvalue weighted by molar-refractivity contribution is 9.13. The number of halogens is 2. The second-order valence-electron chi connectivity index (χ2n) is 34.6. The zero-order valence-corrected chi connectivity index (χ0v) is 77.5. The smallest absolute Gasteiger partial charge is 0.150 e. The molecule has 0 atom stereocenters. The number of imidazole rings is 2. The van der Waals surface area contributed by atoms with E-state index in [4.69, 9.17) is 21.4 Å². The van der Waals surface area contributed by atoms with E-state index in [1.165, 1.54) is 125 Å². The van der Waals surface area contributed by atoms with Crippen molar-refractivity contribution >= 4 is 230 Å². The Morgan fingerprint density at radius 2 is 0.551 bits per heavy atom. The number of carbonyl (C=O) groups excluding carboxylic acids is 1. The Morgan fingerprint density at radius 1 is 0.232 bits per heavy atom. The average Bonchev–Trinajstić information content (AvgIpc) is 1.53. The molecule has 0 saturated carbocycles. The van der Waals surface area contributed by atoms with Crippen molar-refractivity contribution in [3.63, 3.8) is 0 Å². The third-order valence-corrected chi connectivity index (χ3v) is 28.7. The summed E-state index contributed by atoms with van der Waals surface area (Å²) in [6.45, 7) is 0. The quantitative estimate of drug-likeness (QED) is 0.0788. The maximum Gasteiger partial charge on any atom is 0.150 e. The molecule has 20 aromatic carbocycles. The van der Waals surface area contributed by atoms with E-state index in [1.807, 2.05) is 78.9 Å². The van der Waals surface area contributed by atoms with Crippen molar-refractivity contribution in [2.24, 2.45) is 0 Å². The zero-order chi connectivity index (χ0) is 92.2. The monoisotopic (exact) mass is 1900 g/mol. The number of aromatic amines is 1. The Balaban J connectivity index is 0.000000102. The molecule has 654 valence electrons. The van der Waals surface area contributed by atoms with Gasteiger partial charge in [-0.3, -0.25) is 9.20 Å². The average molecular weight is 1900 g/mol. The van der Waals surface area contributed by atoms with Gasteiger partial charge in [-0.25, -0.2) is 9.97 Å². The zero-order valence-electron chi connectivity index (χ0n) is 74.3. The lowest BCUT2D eigenvalue weighted by Crippen LogP contribution is -1.95. The highest BCUT2D eigenvalue weighted by atomic mass is 79.9. The predicted octanol–water partition coefficient (Wildman–Crippen LogP) is 32.2. The lowest BCUT2D eigenvalue weighted by atomic mass is 10.0. The summed E-state index contributed by atoms with van der Waals surface area (Å²) < 4.78 is 18.8. The maximum absolute atomic E-state index is 11.6. The number of rotatable bonds is 8. The molecule has 0 unspecified atom stereocenters. The van der Waals surface area contributed by atoms with Crippen molar-refractivity contribution in [1.82, 2.24) is 46.8 Å². The Kier molecular flexibility index (Phi) is 20.4. The van der Waals surface area contributed by atoms with Crippen molar-refractivity contribution < 1.29 is 4.79 Å². The van der Waals surface area contributed by atoms with Gasteiger partial charge in [0.15, 0.2) is 0 Å². The van der Waals surface area contributed by atoms with Crippen molar-refractivity contribution in [3.8, 4) is 45.5 Å². The van der Waals surface area contributed by atoms with E-state index < -0.39 is 0 Å². The summed E-state index contributed by atoms with van der Waals surface area (Å²) >= 11 is 6.70. The molecule has 15 heteroatoms. The van der Waals surface area contributed by atoms with Crippen molar-refractivity contribution in [3.05, 3.63) is 476 Å². The van der Waals surface area contributed by atoms with Crippen LogP contribution in [0.25, 0.3) is 226 Å². The maximum atomic E-state index is 11.6. The molecule has 0 fully saturated rings. The number of nitrogen functional groups attached to an aromatic ring is 2. The van der Waals surface area contributed by atoms with Crippen molar-refractivity contribution in [1.29, 1.82) is 0 Å². The molecule has 29 aromatic rings. The van der Waals surface area contributed by atoms with Crippen LogP contribution in [0.15, 0.2) is 470 Å². The number of hydrogen-bond donors (Lipinski definition) is 3. The predicted molar refractivity (Wildman–Crippen MR) is 584 cm³/mol. The van der Waals surface area contributed by atoms with Gasteiger partial charge in [-0.05, 0) is 244 Å². The normalized spacial score (nSPS) is 11.6. The first-order valence-electron chi connectivity index (χ1n) is 46.0. The van der Waals surface area contributed by atoms with Gasteiger partial charge in [0.25, 0.3) is 0 Å². The molecule has 5 N–H and O–H groups in total. The minimum atomic E-state index is 0.646. The van der Waals surface area contributed by atoms with Crippen LogP contribution in [-0.4, -0.2) is 53.0 Å². The number of nitrogens with zero attached hydrogens (tertiary/aromatic N) is 9. The Hall–Kier alpha value is -17.6. The fraction of sp³-hybridized carbons (Fsp3) is 0. The van der Waals surface area contributed by atoms with Crippen LogP contribution in [0.4, 0.5) is 11.4 Å². The van der Waals surface area contributed by atoms with E-state index in [-0.39, 0.29) is 0 Å². The number of hydrogen-bond acceptors (Lipinski definition) is 5. The van der Waals surface area contributed by atoms with Crippen molar-refractivity contribution in [2.45, 2.75) is 0 Å². The number of pyridine rings is 1. The van der Waals surface area contributed by atoms with Crippen LogP contribution in [0, 0.1) is 0 Å². The van der Waals surface area contributed by atoms with Crippen LogP contribution in [0.2, 0.25) is 0 Å². The first kappa shape index (κ1) is 82.3. The minimum absolute atomic E-state index is 0.646. The van der Waals surface area contributed by atoms with Crippen LogP contribution >= 0.6 is 31.9 Å². The topological polar surface area (TPSA) is 145 Å². The first-order chi connectivity index (χ1) is 68.2. The number of para-hydroxylation sites is 16. The summed E-state index contributed by atoms with van der Waals surface area (Å²) in [4.78, 5) is 25.3. The fourth-order valence-corrected chi connectivity index (χ4v) is 21.5. The number of nitrogens with one attached hydrogen (secondary N) is 1. The molecule has 0 aliphatic carbocycles. The highest BCUT2D eigenvalue weighted by Crippen LogP contribution is 2.49. The van der Waals surface area contributed by atoms with Gasteiger partial charge >= 0.3 is 0 Å². The van der Waals surface area contributed by atoms with Gasteiger partial charge in [-0.2, -0.15) is 0 Å². The summed E-state index contributed by atoms with van der Waals surface area (Å²) in [7, 11) is 0. The summed E-state index contributed by atoms with van der Waals surface area (Å²) in [6, 6.07) is 162. The van der Waals surface area contributed by atoms with Crippen LogP contribution in [0.1, 0.15) is 10.4 Å². The molecule has 0 radical (unpaired) electrons. The fourth-order valence-electron chi connectivity index (χ4n) is 20.9. The van der Waals surface area contributed by atoms with Crippen LogP contribution < -0.4 is 11.5 Å². The molecular weight excluding hydrogens is 1820 g/mol. The van der Waals surface area contributed by atoms with E-state index in [0.29, 0.717) is 16.9 Å². The Morgan fingerprint density at radius 3 is 0.957 bits per heavy atom. The molecule has 0 spiro atoms. The van der Waals surface area contributed by atoms with E-state index in [0.717, 1.165) is 116 Å². The van der Waals surface area contributed by atoms with Gasteiger partial charge in [0.05, 0.1) is 105 Å². The van der Waals surface area contributed by atoms with Crippen LogP contribution in [0.3, 0.4) is 0 Å². The summed E-state index contributed by atoms with van der Waals surface area (Å²) in [6.07, 6.45) is 0.920. The second kappa shape index (κ2) is 34.1. The summed E-state index contributed by atoms with van der Waals surface area (Å²) in [5, 5.41) is 18.5. The van der Waals surface area contributed by atoms with Gasteiger partial charge in [-0.1, -0.05) is 255 Å². The van der Waals surface area contributed by atoms with E-state index >= 15 is 0 Å². The van der Waals surface area contributed by atoms with Gasteiger partial charge in [0.1, 0.15) is 17.8 Å². The lowest BCUT2D eigenvalue weighted by Gasteiger charge is -2.11. The molecule has 0 aliphatic heterocycles. The van der Waals surface area contributed by atoms with Gasteiger partial charge in [-0.15, -0.1) is 0 Å². The Bertz CT molecular complexity index is 9740. The molecule has 9 heterocycles. The van der Waals surface area contributed by atoms with E-state index in [2.05, 4.69) is 439 Å².